The van der Waals surface area contributed by atoms with Crippen LogP contribution < -0.4 is 0 Å². The van der Waals surface area contributed by atoms with Gasteiger partial charge in [-0.2, -0.15) is 0 Å². The van der Waals surface area contributed by atoms with Crippen molar-refractivity contribution in [2.45, 2.75) is 33.1 Å². The molecule has 1 aromatic rings. The number of hydrogen-bond donors (Lipinski definition) is 0. The van der Waals surface area contributed by atoms with Crippen LogP contribution in [0.25, 0.3) is 0 Å². The summed E-state index contributed by atoms with van der Waals surface area (Å²) in [5, 5.41) is 1.98. The maximum atomic E-state index is 11.2. The van der Waals surface area contributed by atoms with Crippen LogP contribution in [-0.4, -0.2) is 5.78 Å². The Hall–Kier alpha value is -0.630. The van der Waals surface area contributed by atoms with Crippen LogP contribution in [0.15, 0.2) is 11.4 Å². The fourth-order valence-corrected chi connectivity index (χ4v) is 2.18. The molecule has 1 nitrogen and oxygen atoms in total. The Morgan fingerprint density at radius 1 is 1.42 bits per heavy atom. The Morgan fingerprint density at radius 2 is 2.00 bits per heavy atom. The van der Waals surface area contributed by atoms with Gasteiger partial charge in [0.25, 0.3) is 0 Å². The van der Waals surface area contributed by atoms with E-state index in [0.29, 0.717) is 0 Å². The largest absolute Gasteiger partial charge is 0.294 e. The number of rotatable bonds is 1. The molecule has 0 saturated heterocycles. The fourth-order valence-electron chi connectivity index (χ4n) is 1.17. The molecule has 0 fully saturated rings. The summed E-state index contributed by atoms with van der Waals surface area (Å²) < 4.78 is 0. The van der Waals surface area contributed by atoms with Crippen LogP contribution in [-0.2, 0) is 5.41 Å². The number of thiophene rings is 1. The highest BCUT2D eigenvalue weighted by Crippen LogP contribution is 2.29. The van der Waals surface area contributed by atoms with E-state index < -0.39 is 0 Å². The zero-order chi connectivity index (χ0) is 9.35. The molecule has 1 aromatic heterocycles. The molecule has 0 unspecified atom stereocenters. The average Bonchev–Trinajstić information content (AvgIpc) is 2.30. The van der Waals surface area contributed by atoms with Crippen LogP contribution in [0, 0.1) is 0 Å². The zero-order valence-corrected chi connectivity index (χ0v) is 8.79. The first kappa shape index (κ1) is 9.46. The normalized spacial score (nSPS) is 11.7. The molecule has 0 bridgehead atoms. The Labute approximate surface area is 77.4 Å². The third-order valence-corrected chi connectivity index (χ3v) is 2.81. The summed E-state index contributed by atoms with van der Waals surface area (Å²) in [6.45, 7) is 8.01. The fraction of sp³-hybridized carbons (Fsp3) is 0.500. The average molecular weight is 182 g/mol. The van der Waals surface area contributed by atoms with Crippen LogP contribution in [0.2, 0.25) is 0 Å². The molecule has 0 aliphatic carbocycles. The summed E-state index contributed by atoms with van der Waals surface area (Å²) in [5.41, 5.74) is 1.25. The zero-order valence-electron chi connectivity index (χ0n) is 7.97. The Morgan fingerprint density at radius 3 is 2.33 bits per heavy atom. The van der Waals surface area contributed by atoms with Crippen molar-refractivity contribution >= 4 is 17.1 Å². The highest BCUT2D eigenvalue weighted by Gasteiger charge is 2.20. The molecule has 0 aliphatic rings. The number of Topliss-reactive ketones (excluding diaryl/α,β-unsaturated/α-hetero) is 1. The molecule has 0 spiro atoms. The quantitative estimate of drug-likeness (QED) is 0.609. The molecule has 0 saturated carbocycles. The van der Waals surface area contributed by atoms with Crippen LogP contribution in [0.1, 0.15) is 42.9 Å². The molecule has 0 atom stereocenters. The number of ketones is 1. The van der Waals surface area contributed by atoms with Crippen LogP contribution in [0.4, 0.5) is 0 Å². The van der Waals surface area contributed by atoms with Gasteiger partial charge in [-0.1, -0.05) is 20.8 Å². The number of hydrogen-bond acceptors (Lipinski definition) is 2. The van der Waals surface area contributed by atoms with Crippen molar-refractivity contribution in [2.75, 3.05) is 0 Å². The Balaban J connectivity index is 3.17. The Kier molecular flexibility index (Phi) is 2.38. The second kappa shape index (κ2) is 3.02. The van der Waals surface area contributed by atoms with E-state index in [1.54, 1.807) is 6.92 Å². The van der Waals surface area contributed by atoms with Gasteiger partial charge in [-0.15, -0.1) is 11.3 Å². The van der Waals surface area contributed by atoms with Crippen molar-refractivity contribution in [1.29, 1.82) is 0 Å². The lowest BCUT2D eigenvalue weighted by atomic mass is 9.87. The third kappa shape index (κ3) is 1.75. The summed E-state index contributed by atoms with van der Waals surface area (Å²) in [4.78, 5) is 12.1. The highest BCUT2D eigenvalue weighted by molar-refractivity contribution is 7.12. The summed E-state index contributed by atoms with van der Waals surface area (Å²) in [6.07, 6.45) is 0. The van der Waals surface area contributed by atoms with Crippen molar-refractivity contribution in [1.82, 2.24) is 0 Å². The van der Waals surface area contributed by atoms with Crippen molar-refractivity contribution in [3.63, 3.8) is 0 Å². The van der Waals surface area contributed by atoms with Crippen molar-refractivity contribution in [3.05, 3.63) is 21.9 Å². The molecule has 66 valence electrons. The molecule has 0 aromatic carbocycles. The lowest BCUT2D eigenvalue weighted by Gasteiger charge is -2.18. The van der Waals surface area contributed by atoms with Gasteiger partial charge in [0.1, 0.15) is 0 Å². The maximum Gasteiger partial charge on any atom is 0.170 e. The third-order valence-electron chi connectivity index (χ3n) is 1.79. The molecule has 12 heavy (non-hydrogen) atoms. The van der Waals surface area contributed by atoms with Gasteiger partial charge >= 0.3 is 0 Å². The minimum absolute atomic E-state index is 0.0843. The van der Waals surface area contributed by atoms with E-state index in [4.69, 9.17) is 0 Å². The van der Waals surface area contributed by atoms with Gasteiger partial charge in [0.15, 0.2) is 5.78 Å². The van der Waals surface area contributed by atoms with Gasteiger partial charge in [-0.3, -0.25) is 4.79 Å². The van der Waals surface area contributed by atoms with E-state index in [9.17, 15) is 4.79 Å². The van der Waals surface area contributed by atoms with Crippen molar-refractivity contribution in [2.24, 2.45) is 0 Å². The number of carbonyl (C=O) groups excluding carboxylic acids is 1. The molecule has 1 heterocycles. The SMILES string of the molecule is CC(=O)c1sccc1C(C)(C)C. The molecular formula is C10H14OS. The lowest BCUT2D eigenvalue weighted by Crippen LogP contribution is -2.13. The van der Waals surface area contributed by atoms with Gasteiger partial charge in [-0.25, -0.2) is 0 Å². The summed E-state index contributed by atoms with van der Waals surface area (Å²) >= 11 is 1.53. The first-order valence-electron chi connectivity index (χ1n) is 4.02. The van der Waals surface area contributed by atoms with Crippen molar-refractivity contribution in [3.8, 4) is 0 Å². The summed E-state index contributed by atoms with van der Waals surface area (Å²) in [5.74, 6) is 0.176. The van der Waals surface area contributed by atoms with E-state index in [1.165, 1.54) is 16.9 Å². The number of carbonyl (C=O) groups is 1. The van der Waals surface area contributed by atoms with E-state index >= 15 is 0 Å². The van der Waals surface area contributed by atoms with Gasteiger partial charge in [0, 0.05) is 0 Å². The lowest BCUT2D eigenvalue weighted by molar-refractivity contribution is 0.101. The second-order valence-corrected chi connectivity index (χ2v) is 4.89. The minimum atomic E-state index is 0.0843. The van der Waals surface area contributed by atoms with E-state index in [-0.39, 0.29) is 11.2 Å². The predicted molar refractivity (Wildman–Crippen MR) is 53.0 cm³/mol. The summed E-state index contributed by atoms with van der Waals surface area (Å²) in [7, 11) is 0. The molecule has 0 radical (unpaired) electrons. The van der Waals surface area contributed by atoms with E-state index in [0.717, 1.165) is 4.88 Å². The molecular weight excluding hydrogens is 168 g/mol. The van der Waals surface area contributed by atoms with Gasteiger partial charge in [0.2, 0.25) is 0 Å². The summed E-state index contributed by atoms with van der Waals surface area (Å²) in [6, 6.07) is 2.04. The van der Waals surface area contributed by atoms with Crippen molar-refractivity contribution < 1.29 is 4.79 Å². The van der Waals surface area contributed by atoms with Crippen LogP contribution >= 0.6 is 11.3 Å². The van der Waals surface area contributed by atoms with Crippen LogP contribution in [0.3, 0.4) is 0 Å². The van der Waals surface area contributed by atoms with E-state index in [2.05, 4.69) is 20.8 Å². The Bertz CT molecular complexity index is 291. The molecule has 0 N–H and O–H groups in total. The highest BCUT2D eigenvalue weighted by atomic mass is 32.1. The van der Waals surface area contributed by atoms with Gasteiger partial charge < -0.3 is 0 Å². The van der Waals surface area contributed by atoms with Crippen LogP contribution in [0.5, 0.6) is 0 Å². The first-order valence-corrected chi connectivity index (χ1v) is 4.90. The topological polar surface area (TPSA) is 17.1 Å². The first-order chi connectivity index (χ1) is 5.43. The van der Waals surface area contributed by atoms with E-state index in [1.807, 2.05) is 11.4 Å². The molecule has 0 amide bonds. The molecule has 2 heteroatoms. The molecule has 0 aliphatic heterocycles. The standard InChI is InChI=1S/C10H14OS/c1-7(11)9-8(5-6-12-9)10(2,3)4/h5-6H,1-4H3. The van der Waals surface area contributed by atoms with Gasteiger partial charge in [0.05, 0.1) is 4.88 Å². The minimum Gasteiger partial charge on any atom is -0.294 e. The maximum absolute atomic E-state index is 11.2. The van der Waals surface area contributed by atoms with Gasteiger partial charge in [-0.05, 0) is 29.3 Å². The molecule has 1 rings (SSSR count). The predicted octanol–water partition coefficient (Wildman–Crippen LogP) is 3.25. The second-order valence-electron chi connectivity index (χ2n) is 3.97. The monoisotopic (exact) mass is 182 g/mol. The smallest absolute Gasteiger partial charge is 0.170 e.